The summed E-state index contributed by atoms with van der Waals surface area (Å²) in [7, 11) is 0. The molecule has 1 aliphatic rings. The Labute approximate surface area is 82.7 Å². The zero-order valence-electron chi connectivity index (χ0n) is 8.08. The summed E-state index contributed by atoms with van der Waals surface area (Å²) in [5, 5.41) is 10.9. The van der Waals surface area contributed by atoms with Crippen molar-refractivity contribution in [2.45, 2.75) is 25.7 Å². The lowest BCUT2D eigenvalue weighted by atomic mass is 10.00. The lowest BCUT2D eigenvalue weighted by Crippen LogP contribution is -2.29. The maximum absolute atomic E-state index is 11.0. The third kappa shape index (κ3) is 2.70. The van der Waals surface area contributed by atoms with Crippen molar-refractivity contribution in [1.82, 2.24) is 5.32 Å². The number of aliphatic hydroxyl groups is 1. The summed E-state index contributed by atoms with van der Waals surface area (Å²) in [6.45, 7) is 0.00931. The number of hydrogen-bond donors (Lipinski definition) is 3. The van der Waals surface area contributed by atoms with Gasteiger partial charge in [0.1, 0.15) is 6.61 Å². The van der Waals surface area contributed by atoms with Gasteiger partial charge in [0, 0.05) is 12.0 Å². The number of primary amides is 1. The van der Waals surface area contributed by atoms with Gasteiger partial charge in [-0.05, 0) is 25.7 Å². The smallest absolute Gasteiger partial charge is 0.245 e. The summed E-state index contributed by atoms with van der Waals surface area (Å²) in [5.41, 5.74) is 4.95. The third-order valence-corrected chi connectivity index (χ3v) is 2.67. The first-order chi connectivity index (χ1) is 6.60. The molecule has 4 N–H and O–H groups in total. The Hall–Kier alpha value is -1.10. The molecule has 0 aromatic carbocycles. The van der Waals surface area contributed by atoms with Crippen LogP contribution in [0.25, 0.3) is 0 Å². The predicted molar refractivity (Wildman–Crippen MR) is 50.2 cm³/mol. The van der Waals surface area contributed by atoms with Crippen LogP contribution in [-0.2, 0) is 9.59 Å². The first-order valence-electron chi connectivity index (χ1n) is 4.78. The van der Waals surface area contributed by atoms with Gasteiger partial charge < -0.3 is 16.2 Å². The molecular weight excluding hydrogens is 184 g/mol. The van der Waals surface area contributed by atoms with Crippen LogP contribution in [0.1, 0.15) is 25.7 Å². The summed E-state index contributed by atoms with van der Waals surface area (Å²) in [4.78, 5) is 21.6. The highest BCUT2D eigenvalue weighted by Crippen LogP contribution is 2.49. The molecule has 14 heavy (non-hydrogen) atoms. The van der Waals surface area contributed by atoms with E-state index in [4.69, 9.17) is 10.8 Å². The summed E-state index contributed by atoms with van der Waals surface area (Å²) in [6.07, 6.45) is 3.20. The monoisotopic (exact) mass is 200 g/mol. The molecule has 0 atom stereocenters. The van der Waals surface area contributed by atoms with E-state index in [1.807, 2.05) is 0 Å². The highest BCUT2D eigenvalue weighted by molar-refractivity contribution is 5.83. The van der Waals surface area contributed by atoms with Crippen LogP contribution in [0.3, 0.4) is 0 Å². The Morgan fingerprint density at radius 1 is 1.43 bits per heavy atom. The molecule has 0 saturated heterocycles. The topological polar surface area (TPSA) is 92.4 Å². The number of rotatable bonds is 6. The molecule has 0 aromatic heterocycles. The fourth-order valence-corrected chi connectivity index (χ4v) is 1.48. The molecule has 80 valence electrons. The van der Waals surface area contributed by atoms with Crippen LogP contribution < -0.4 is 11.1 Å². The van der Waals surface area contributed by atoms with Gasteiger partial charge in [-0.1, -0.05) is 0 Å². The average molecular weight is 200 g/mol. The molecule has 0 aromatic rings. The van der Waals surface area contributed by atoms with Crippen LogP contribution in [0.5, 0.6) is 0 Å². The second-order valence-electron chi connectivity index (χ2n) is 3.76. The van der Waals surface area contributed by atoms with Crippen molar-refractivity contribution in [2.24, 2.45) is 11.1 Å². The van der Waals surface area contributed by atoms with Crippen LogP contribution in [0.2, 0.25) is 0 Å². The number of amides is 2. The average Bonchev–Trinajstić information content (AvgIpc) is 2.93. The minimum atomic E-state index is -0.485. The van der Waals surface area contributed by atoms with Crippen molar-refractivity contribution >= 4 is 11.8 Å². The van der Waals surface area contributed by atoms with Crippen molar-refractivity contribution in [3.05, 3.63) is 0 Å². The van der Waals surface area contributed by atoms with E-state index in [1.165, 1.54) is 0 Å². The molecule has 0 spiro atoms. The third-order valence-electron chi connectivity index (χ3n) is 2.67. The number of nitrogens with two attached hydrogens (primary N) is 1. The van der Waals surface area contributed by atoms with Crippen molar-refractivity contribution in [2.75, 3.05) is 13.2 Å². The van der Waals surface area contributed by atoms with Gasteiger partial charge in [0.25, 0.3) is 0 Å². The van der Waals surface area contributed by atoms with Crippen molar-refractivity contribution in [1.29, 1.82) is 0 Å². The first kappa shape index (κ1) is 11.0. The van der Waals surface area contributed by atoms with E-state index in [9.17, 15) is 9.59 Å². The second kappa shape index (κ2) is 4.41. The number of carbonyl (C=O) groups excluding carboxylic acids is 2. The normalized spacial score (nSPS) is 17.5. The largest absolute Gasteiger partial charge is 0.387 e. The van der Waals surface area contributed by atoms with E-state index in [-0.39, 0.29) is 17.2 Å². The second-order valence-corrected chi connectivity index (χ2v) is 3.76. The van der Waals surface area contributed by atoms with Crippen LogP contribution >= 0.6 is 0 Å². The SMILES string of the molecule is NC(=O)C1(CCCNC(=O)CO)CC1. The Bertz CT molecular complexity index is 236. The molecule has 1 fully saturated rings. The Balaban J connectivity index is 2.10. The van der Waals surface area contributed by atoms with E-state index < -0.39 is 6.61 Å². The number of aliphatic hydroxyl groups excluding tert-OH is 1. The number of nitrogens with one attached hydrogen (secondary N) is 1. The van der Waals surface area contributed by atoms with E-state index in [1.54, 1.807) is 0 Å². The molecule has 0 aliphatic heterocycles. The number of carbonyl (C=O) groups is 2. The molecule has 0 radical (unpaired) electrons. The number of hydrogen-bond acceptors (Lipinski definition) is 3. The minimum Gasteiger partial charge on any atom is -0.387 e. The summed E-state index contributed by atoms with van der Waals surface area (Å²) in [6, 6.07) is 0. The molecular formula is C9H16N2O3. The molecule has 5 heteroatoms. The minimum absolute atomic E-state index is 0.231. The quantitative estimate of drug-likeness (QED) is 0.487. The van der Waals surface area contributed by atoms with Gasteiger partial charge in [0.2, 0.25) is 11.8 Å². The van der Waals surface area contributed by atoms with E-state index in [2.05, 4.69) is 5.32 Å². The van der Waals surface area contributed by atoms with Gasteiger partial charge in [0.05, 0.1) is 0 Å². The van der Waals surface area contributed by atoms with Gasteiger partial charge in [-0.25, -0.2) is 0 Å². The van der Waals surface area contributed by atoms with Gasteiger partial charge in [-0.2, -0.15) is 0 Å². The molecule has 1 saturated carbocycles. The van der Waals surface area contributed by atoms with Crippen LogP contribution in [0, 0.1) is 5.41 Å². The molecule has 0 bridgehead atoms. The van der Waals surface area contributed by atoms with Gasteiger partial charge >= 0.3 is 0 Å². The zero-order chi connectivity index (χ0) is 10.6. The van der Waals surface area contributed by atoms with Gasteiger partial charge in [0.15, 0.2) is 0 Å². The van der Waals surface area contributed by atoms with E-state index >= 15 is 0 Å². The molecule has 1 aliphatic carbocycles. The Morgan fingerprint density at radius 3 is 2.50 bits per heavy atom. The van der Waals surface area contributed by atoms with E-state index in [0.717, 1.165) is 25.7 Å². The predicted octanol–water partition coefficient (Wildman–Crippen LogP) is -0.859. The zero-order valence-corrected chi connectivity index (χ0v) is 8.08. The molecule has 1 rings (SSSR count). The fourth-order valence-electron chi connectivity index (χ4n) is 1.48. The van der Waals surface area contributed by atoms with Crippen LogP contribution in [0.15, 0.2) is 0 Å². The maximum Gasteiger partial charge on any atom is 0.245 e. The van der Waals surface area contributed by atoms with Gasteiger partial charge in [-0.15, -0.1) is 0 Å². The summed E-state index contributed by atoms with van der Waals surface area (Å²) >= 11 is 0. The maximum atomic E-state index is 11.0. The summed E-state index contributed by atoms with van der Waals surface area (Å²) < 4.78 is 0. The fraction of sp³-hybridized carbons (Fsp3) is 0.778. The molecule has 5 nitrogen and oxygen atoms in total. The lowest BCUT2D eigenvalue weighted by Gasteiger charge is -2.10. The molecule has 0 heterocycles. The van der Waals surface area contributed by atoms with Crippen LogP contribution in [0.4, 0.5) is 0 Å². The van der Waals surface area contributed by atoms with Crippen molar-refractivity contribution in [3.63, 3.8) is 0 Å². The lowest BCUT2D eigenvalue weighted by molar-refractivity contribution is -0.123. The Kier molecular flexibility index (Phi) is 3.46. The Morgan fingerprint density at radius 2 is 2.07 bits per heavy atom. The summed E-state index contributed by atoms with van der Waals surface area (Å²) in [5.74, 6) is -0.611. The highest BCUT2D eigenvalue weighted by atomic mass is 16.3. The molecule has 2 amide bonds. The standard InChI is InChI=1S/C9H16N2O3/c10-8(14)9(3-4-9)2-1-5-11-7(13)6-12/h12H,1-6H2,(H2,10,14)(H,11,13). The van der Waals surface area contributed by atoms with Crippen molar-refractivity contribution in [3.8, 4) is 0 Å². The molecule has 0 unspecified atom stereocenters. The van der Waals surface area contributed by atoms with Crippen LogP contribution in [-0.4, -0.2) is 30.1 Å². The van der Waals surface area contributed by atoms with E-state index in [0.29, 0.717) is 6.54 Å². The highest BCUT2D eigenvalue weighted by Gasteiger charge is 2.47. The van der Waals surface area contributed by atoms with Gasteiger partial charge in [-0.3, -0.25) is 9.59 Å². The van der Waals surface area contributed by atoms with Crippen molar-refractivity contribution < 1.29 is 14.7 Å². The first-order valence-corrected chi connectivity index (χ1v) is 4.78.